The summed E-state index contributed by atoms with van der Waals surface area (Å²) in [5.41, 5.74) is 0.804. The minimum absolute atomic E-state index is 0.0609. The van der Waals surface area contributed by atoms with Crippen molar-refractivity contribution in [3.05, 3.63) is 59.1 Å². The number of rotatable bonds is 6. The van der Waals surface area contributed by atoms with Gasteiger partial charge in [-0.15, -0.1) is 0 Å². The van der Waals surface area contributed by atoms with Gasteiger partial charge in [-0.1, -0.05) is 6.92 Å². The average Bonchev–Trinajstić information content (AvgIpc) is 3.21. The molecule has 1 heterocycles. The molecular weight excluding hydrogens is 344 g/mol. The van der Waals surface area contributed by atoms with Crippen molar-refractivity contribution >= 4 is 23.6 Å². The molecule has 3 rings (SSSR count). The zero-order chi connectivity index (χ0) is 19.4. The van der Waals surface area contributed by atoms with Crippen LogP contribution in [0.4, 0.5) is 5.69 Å². The standard InChI is InChI=1S/C21H20N2O4/c1-3-26-21(25)14-4-6-16(7-5-14)23-20(24)15(12-22)11-17-8-9-19(27-17)18-10-13(18)2/h4-9,11,13,18H,3,10H2,1-2H3,(H,23,24). The summed E-state index contributed by atoms with van der Waals surface area (Å²) in [6.07, 6.45) is 2.53. The summed E-state index contributed by atoms with van der Waals surface area (Å²) in [4.78, 5) is 24.0. The number of amides is 1. The monoisotopic (exact) mass is 364 g/mol. The topological polar surface area (TPSA) is 92.3 Å². The molecule has 1 aromatic heterocycles. The van der Waals surface area contributed by atoms with Crippen LogP contribution in [0.3, 0.4) is 0 Å². The fourth-order valence-electron chi connectivity index (χ4n) is 2.76. The molecule has 0 radical (unpaired) electrons. The van der Waals surface area contributed by atoms with E-state index >= 15 is 0 Å². The first-order valence-electron chi connectivity index (χ1n) is 8.82. The van der Waals surface area contributed by atoms with Crippen molar-refractivity contribution in [2.75, 3.05) is 11.9 Å². The lowest BCUT2D eigenvalue weighted by atomic mass is 10.2. The number of anilines is 1. The van der Waals surface area contributed by atoms with Crippen LogP contribution in [0.15, 0.2) is 46.4 Å². The molecule has 1 aliphatic carbocycles. The highest BCUT2D eigenvalue weighted by Gasteiger charge is 2.36. The number of furan rings is 1. The minimum Gasteiger partial charge on any atom is -0.462 e. The van der Waals surface area contributed by atoms with E-state index < -0.39 is 11.9 Å². The predicted molar refractivity (Wildman–Crippen MR) is 99.8 cm³/mol. The van der Waals surface area contributed by atoms with Crippen molar-refractivity contribution in [1.29, 1.82) is 5.26 Å². The van der Waals surface area contributed by atoms with Gasteiger partial charge in [-0.25, -0.2) is 4.79 Å². The van der Waals surface area contributed by atoms with Crippen LogP contribution in [-0.2, 0) is 9.53 Å². The molecule has 1 aromatic carbocycles. The second kappa shape index (κ2) is 7.92. The van der Waals surface area contributed by atoms with E-state index in [0.717, 1.165) is 12.2 Å². The number of esters is 1. The molecule has 0 bridgehead atoms. The number of benzene rings is 1. The van der Waals surface area contributed by atoms with Gasteiger partial charge in [0.05, 0.1) is 12.2 Å². The maximum absolute atomic E-state index is 12.3. The number of hydrogen-bond acceptors (Lipinski definition) is 5. The van der Waals surface area contributed by atoms with Gasteiger partial charge < -0.3 is 14.5 Å². The van der Waals surface area contributed by atoms with Crippen LogP contribution in [0, 0.1) is 17.2 Å². The molecule has 1 N–H and O–H groups in total. The second-order valence-electron chi connectivity index (χ2n) is 6.48. The molecule has 1 fully saturated rings. The number of nitriles is 1. The summed E-state index contributed by atoms with van der Waals surface area (Å²) in [6, 6.07) is 11.8. The third kappa shape index (κ3) is 4.45. The Hall–Kier alpha value is -3.33. The Morgan fingerprint density at radius 2 is 2.00 bits per heavy atom. The van der Waals surface area contributed by atoms with Gasteiger partial charge in [0.1, 0.15) is 23.2 Å². The smallest absolute Gasteiger partial charge is 0.338 e. The highest BCUT2D eigenvalue weighted by atomic mass is 16.5. The van der Waals surface area contributed by atoms with Crippen LogP contribution in [-0.4, -0.2) is 18.5 Å². The van der Waals surface area contributed by atoms with Crippen LogP contribution in [0.25, 0.3) is 6.08 Å². The first-order chi connectivity index (χ1) is 13.0. The molecule has 138 valence electrons. The third-order valence-corrected chi connectivity index (χ3v) is 4.43. The molecule has 27 heavy (non-hydrogen) atoms. The summed E-state index contributed by atoms with van der Waals surface area (Å²) >= 11 is 0. The Kier molecular flexibility index (Phi) is 5.41. The lowest BCUT2D eigenvalue weighted by Crippen LogP contribution is -2.13. The van der Waals surface area contributed by atoms with E-state index in [1.54, 1.807) is 37.3 Å². The number of nitrogens with one attached hydrogen (secondary N) is 1. The maximum Gasteiger partial charge on any atom is 0.338 e. The summed E-state index contributed by atoms with van der Waals surface area (Å²) < 4.78 is 10.6. The molecular formula is C21H20N2O4. The van der Waals surface area contributed by atoms with Gasteiger partial charge in [-0.2, -0.15) is 5.26 Å². The second-order valence-corrected chi connectivity index (χ2v) is 6.48. The molecule has 0 aliphatic heterocycles. The Morgan fingerprint density at radius 1 is 1.30 bits per heavy atom. The largest absolute Gasteiger partial charge is 0.462 e. The molecule has 2 unspecified atom stereocenters. The first kappa shape index (κ1) is 18.5. The fraction of sp³-hybridized carbons (Fsp3) is 0.286. The molecule has 1 aliphatic rings. The van der Waals surface area contributed by atoms with E-state index in [-0.39, 0.29) is 5.57 Å². The fourth-order valence-corrected chi connectivity index (χ4v) is 2.76. The van der Waals surface area contributed by atoms with Gasteiger partial charge >= 0.3 is 5.97 Å². The van der Waals surface area contributed by atoms with E-state index in [9.17, 15) is 14.9 Å². The summed E-state index contributed by atoms with van der Waals surface area (Å²) in [5, 5.41) is 11.9. The van der Waals surface area contributed by atoms with Crippen molar-refractivity contribution in [2.45, 2.75) is 26.2 Å². The summed E-state index contributed by atoms with van der Waals surface area (Å²) in [5.74, 6) is 1.45. The van der Waals surface area contributed by atoms with Crippen LogP contribution in [0.2, 0.25) is 0 Å². The van der Waals surface area contributed by atoms with Crippen molar-refractivity contribution in [2.24, 2.45) is 5.92 Å². The highest BCUT2D eigenvalue weighted by molar-refractivity contribution is 6.09. The van der Waals surface area contributed by atoms with Crippen molar-refractivity contribution < 1.29 is 18.7 Å². The van der Waals surface area contributed by atoms with Crippen LogP contribution in [0.1, 0.15) is 48.1 Å². The Balaban J connectivity index is 1.67. The van der Waals surface area contributed by atoms with Gasteiger partial charge in [-0.3, -0.25) is 4.79 Å². The zero-order valence-corrected chi connectivity index (χ0v) is 15.2. The predicted octanol–water partition coefficient (Wildman–Crippen LogP) is 4.13. The Morgan fingerprint density at radius 3 is 2.59 bits per heavy atom. The molecule has 2 aromatic rings. The van der Waals surface area contributed by atoms with E-state index in [1.165, 1.54) is 6.08 Å². The number of carbonyl (C=O) groups is 2. The molecule has 0 saturated heterocycles. The molecule has 1 amide bonds. The molecule has 6 heteroatoms. The van der Waals surface area contributed by atoms with Crippen molar-refractivity contribution in [3.8, 4) is 6.07 Å². The number of carbonyl (C=O) groups excluding carboxylic acids is 2. The zero-order valence-electron chi connectivity index (χ0n) is 15.2. The number of ether oxygens (including phenoxy) is 1. The number of nitrogens with zero attached hydrogens (tertiary/aromatic N) is 1. The summed E-state index contributed by atoms with van der Waals surface area (Å²) in [6.45, 7) is 4.18. The molecule has 6 nitrogen and oxygen atoms in total. The molecule has 2 atom stereocenters. The normalized spacial score (nSPS) is 18.5. The number of hydrogen-bond donors (Lipinski definition) is 1. The van der Waals surface area contributed by atoms with E-state index in [2.05, 4.69) is 12.2 Å². The lowest BCUT2D eigenvalue weighted by Gasteiger charge is -2.06. The Bertz CT molecular complexity index is 918. The van der Waals surface area contributed by atoms with Crippen molar-refractivity contribution in [1.82, 2.24) is 0 Å². The first-order valence-corrected chi connectivity index (χ1v) is 8.82. The van der Waals surface area contributed by atoms with E-state index in [1.807, 2.05) is 12.1 Å². The third-order valence-electron chi connectivity index (χ3n) is 4.43. The SMILES string of the molecule is CCOC(=O)c1ccc(NC(=O)C(C#N)=Cc2ccc(C3CC3C)o2)cc1. The average molecular weight is 364 g/mol. The van der Waals surface area contributed by atoms with Crippen LogP contribution >= 0.6 is 0 Å². The Labute approximate surface area is 157 Å². The van der Waals surface area contributed by atoms with Gasteiger partial charge in [-0.05, 0) is 55.7 Å². The van der Waals surface area contributed by atoms with Gasteiger partial charge in [0.15, 0.2) is 0 Å². The van der Waals surface area contributed by atoms with Crippen molar-refractivity contribution in [3.63, 3.8) is 0 Å². The quantitative estimate of drug-likeness (QED) is 0.473. The van der Waals surface area contributed by atoms with Gasteiger partial charge in [0.25, 0.3) is 5.91 Å². The van der Waals surface area contributed by atoms with E-state index in [4.69, 9.17) is 9.15 Å². The van der Waals surface area contributed by atoms with Crippen LogP contribution in [0.5, 0.6) is 0 Å². The van der Waals surface area contributed by atoms with E-state index in [0.29, 0.717) is 35.5 Å². The summed E-state index contributed by atoms with van der Waals surface area (Å²) in [7, 11) is 0. The van der Waals surface area contributed by atoms with Crippen LogP contribution < -0.4 is 5.32 Å². The molecule has 1 saturated carbocycles. The highest BCUT2D eigenvalue weighted by Crippen LogP contribution is 2.47. The van der Waals surface area contributed by atoms with Gasteiger partial charge in [0.2, 0.25) is 0 Å². The maximum atomic E-state index is 12.3. The minimum atomic E-state index is -0.542. The lowest BCUT2D eigenvalue weighted by molar-refractivity contribution is -0.112. The van der Waals surface area contributed by atoms with Gasteiger partial charge in [0, 0.05) is 17.7 Å². The molecule has 0 spiro atoms.